The highest BCUT2D eigenvalue weighted by molar-refractivity contribution is 7.92. The minimum atomic E-state index is -2.81. The molecule has 0 aromatic rings. The van der Waals surface area contributed by atoms with Crippen molar-refractivity contribution < 1.29 is 8.42 Å². The summed E-state index contributed by atoms with van der Waals surface area (Å²) in [6.45, 7) is 7.54. The number of sulfone groups is 1. The van der Waals surface area contributed by atoms with Crippen LogP contribution in [-0.4, -0.2) is 19.4 Å². The summed E-state index contributed by atoms with van der Waals surface area (Å²) in [5.41, 5.74) is 0. The van der Waals surface area contributed by atoms with Gasteiger partial charge in [-0.1, -0.05) is 20.8 Å². The average Bonchev–Trinajstić information content (AvgIpc) is 1.83. The standard InChI is InChI=1S/C8H18O2S/c1-5-8(4)11(9,10)6-7(2)3/h7-8H,5-6H2,1-4H3. The van der Waals surface area contributed by atoms with Crippen LogP contribution < -0.4 is 0 Å². The molecule has 0 aromatic heterocycles. The predicted molar refractivity (Wildman–Crippen MR) is 48.4 cm³/mol. The lowest BCUT2D eigenvalue weighted by Gasteiger charge is -2.11. The van der Waals surface area contributed by atoms with Crippen molar-refractivity contribution in [3.05, 3.63) is 0 Å². The van der Waals surface area contributed by atoms with Crippen molar-refractivity contribution in [2.75, 3.05) is 5.75 Å². The molecule has 0 saturated heterocycles. The largest absolute Gasteiger partial charge is 0.229 e. The van der Waals surface area contributed by atoms with E-state index < -0.39 is 9.84 Å². The Hall–Kier alpha value is -0.0500. The van der Waals surface area contributed by atoms with Crippen molar-refractivity contribution in [2.45, 2.75) is 39.4 Å². The fraction of sp³-hybridized carbons (Fsp3) is 1.00. The van der Waals surface area contributed by atoms with Gasteiger partial charge in [-0.15, -0.1) is 0 Å². The Balaban J connectivity index is 4.23. The summed E-state index contributed by atoms with van der Waals surface area (Å²) in [5, 5.41) is -0.176. The molecular formula is C8H18O2S. The molecule has 0 spiro atoms. The van der Waals surface area contributed by atoms with Crippen molar-refractivity contribution in [2.24, 2.45) is 5.92 Å². The highest BCUT2D eigenvalue weighted by Crippen LogP contribution is 2.09. The van der Waals surface area contributed by atoms with Gasteiger partial charge in [0.1, 0.15) is 0 Å². The molecule has 0 bridgehead atoms. The number of hydrogen-bond donors (Lipinski definition) is 0. The van der Waals surface area contributed by atoms with Gasteiger partial charge in [-0.25, -0.2) is 8.42 Å². The van der Waals surface area contributed by atoms with Crippen molar-refractivity contribution in [1.82, 2.24) is 0 Å². The Labute approximate surface area is 69.9 Å². The first-order valence-electron chi connectivity index (χ1n) is 4.11. The fourth-order valence-electron chi connectivity index (χ4n) is 0.883. The van der Waals surface area contributed by atoms with Crippen LogP contribution >= 0.6 is 0 Å². The normalized spacial score (nSPS) is 15.4. The molecule has 0 aliphatic carbocycles. The first-order chi connectivity index (χ1) is 4.90. The zero-order chi connectivity index (χ0) is 9.07. The van der Waals surface area contributed by atoms with Crippen molar-refractivity contribution in [1.29, 1.82) is 0 Å². The summed E-state index contributed by atoms with van der Waals surface area (Å²) >= 11 is 0. The molecule has 0 aliphatic heterocycles. The summed E-state index contributed by atoms with van der Waals surface area (Å²) in [5.74, 6) is 0.566. The maximum absolute atomic E-state index is 11.4. The van der Waals surface area contributed by atoms with Crippen molar-refractivity contribution >= 4 is 9.84 Å². The zero-order valence-electron chi connectivity index (χ0n) is 7.79. The third-order valence-corrected chi connectivity index (χ3v) is 4.44. The molecule has 0 aliphatic rings. The molecule has 3 heteroatoms. The Morgan fingerprint density at radius 2 is 1.64 bits per heavy atom. The molecule has 1 atom stereocenters. The molecule has 0 aromatic carbocycles. The minimum absolute atomic E-state index is 0.176. The van der Waals surface area contributed by atoms with E-state index in [0.717, 1.165) is 6.42 Å². The zero-order valence-corrected chi connectivity index (χ0v) is 8.61. The predicted octanol–water partition coefficient (Wildman–Crippen LogP) is 1.86. The van der Waals surface area contributed by atoms with Gasteiger partial charge in [0.15, 0.2) is 9.84 Å². The summed E-state index contributed by atoms with van der Waals surface area (Å²) < 4.78 is 22.7. The Kier molecular flexibility index (Phi) is 4.08. The SMILES string of the molecule is CCC(C)S(=O)(=O)CC(C)C. The third-order valence-electron chi connectivity index (χ3n) is 1.75. The van der Waals surface area contributed by atoms with E-state index in [1.165, 1.54) is 0 Å². The lowest BCUT2D eigenvalue weighted by atomic mass is 10.3. The summed E-state index contributed by atoms with van der Waals surface area (Å²) in [6.07, 6.45) is 0.717. The maximum atomic E-state index is 11.4. The van der Waals surface area contributed by atoms with Gasteiger partial charge in [-0.3, -0.25) is 0 Å². The molecule has 0 heterocycles. The van der Waals surface area contributed by atoms with E-state index in [2.05, 4.69) is 0 Å². The molecule has 0 saturated carbocycles. The van der Waals surface area contributed by atoms with Crippen LogP contribution in [-0.2, 0) is 9.84 Å². The summed E-state index contributed by atoms with van der Waals surface area (Å²) in [4.78, 5) is 0. The molecular weight excluding hydrogens is 160 g/mol. The van der Waals surface area contributed by atoms with E-state index in [1.807, 2.05) is 20.8 Å². The van der Waals surface area contributed by atoms with E-state index in [-0.39, 0.29) is 11.2 Å². The van der Waals surface area contributed by atoms with Gasteiger partial charge in [0.25, 0.3) is 0 Å². The minimum Gasteiger partial charge on any atom is -0.229 e. The molecule has 68 valence electrons. The molecule has 11 heavy (non-hydrogen) atoms. The van der Waals surface area contributed by atoms with Crippen molar-refractivity contribution in [3.63, 3.8) is 0 Å². The van der Waals surface area contributed by atoms with Crippen LogP contribution in [0.4, 0.5) is 0 Å². The molecule has 0 N–H and O–H groups in total. The molecule has 0 fully saturated rings. The second-order valence-electron chi connectivity index (χ2n) is 3.44. The lowest BCUT2D eigenvalue weighted by Crippen LogP contribution is -2.22. The monoisotopic (exact) mass is 178 g/mol. The van der Waals surface area contributed by atoms with Gasteiger partial charge >= 0.3 is 0 Å². The first kappa shape index (κ1) is 11.0. The topological polar surface area (TPSA) is 34.1 Å². The van der Waals surface area contributed by atoms with Gasteiger partial charge in [0, 0.05) is 0 Å². The second kappa shape index (κ2) is 4.10. The number of hydrogen-bond acceptors (Lipinski definition) is 2. The van der Waals surface area contributed by atoms with E-state index >= 15 is 0 Å². The third kappa shape index (κ3) is 3.75. The second-order valence-corrected chi connectivity index (χ2v) is 5.91. The smallest absolute Gasteiger partial charge is 0.153 e. The fourth-order valence-corrected chi connectivity index (χ4v) is 2.65. The summed E-state index contributed by atoms with van der Waals surface area (Å²) in [7, 11) is -2.81. The first-order valence-corrected chi connectivity index (χ1v) is 5.83. The van der Waals surface area contributed by atoms with Gasteiger partial charge in [-0.05, 0) is 19.3 Å². The molecule has 1 unspecified atom stereocenters. The van der Waals surface area contributed by atoms with Crippen LogP contribution in [0.15, 0.2) is 0 Å². The van der Waals surface area contributed by atoms with Crippen LogP contribution in [0.3, 0.4) is 0 Å². The molecule has 2 nitrogen and oxygen atoms in total. The highest BCUT2D eigenvalue weighted by atomic mass is 32.2. The number of rotatable bonds is 4. The quantitative estimate of drug-likeness (QED) is 0.658. The van der Waals surface area contributed by atoms with Crippen LogP contribution in [0.1, 0.15) is 34.1 Å². The average molecular weight is 178 g/mol. The van der Waals surface area contributed by atoms with Crippen LogP contribution in [0.25, 0.3) is 0 Å². The Morgan fingerprint density at radius 3 is 1.91 bits per heavy atom. The van der Waals surface area contributed by atoms with Crippen LogP contribution in [0, 0.1) is 5.92 Å². The van der Waals surface area contributed by atoms with Crippen molar-refractivity contribution in [3.8, 4) is 0 Å². The van der Waals surface area contributed by atoms with Crippen LogP contribution in [0.5, 0.6) is 0 Å². The van der Waals surface area contributed by atoms with Gasteiger partial charge in [-0.2, -0.15) is 0 Å². The van der Waals surface area contributed by atoms with Gasteiger partial charge < -0.3 is 0 Å². The van der Waals surface area contributed by atoms with Gasteiger partial charge in [0.2, 0.25) is 0 Å². The lowest BCUT2D eigenvalue weighted by molar-refractivity contribution is 0.568. The van der Waals surface area contributed by atoms with E-state index in [1.54, 1.807) is 6.92 Å². The molecule has 0 rings (SSSR count). The summed E-state index contributed by atoms with van der Waals surface area (Å²) in [6, 6.07) is 0. The van der Waals surface area contributed by atoms with E-state index in [9.17, 15) is 8.42 Å². The Morgan fingerprint density at radius 1 is 1.18 bits per heavy atom. The van der Waals surface area contributed by atoms with Crippen LogP contribution in [0.2, 0.25) is 0 Å². The highest BCUT2D eigenvalue weighted by Gasteiger charge is 2.19. The van der Waals surface area contributed by atoms with E-state index in [4.69, 9.17) is 0 Å². The van der Waals surface area contributed by atoms with E-state index in [0.29, 0.717) is 5.75 Å². The maximum Gasteiger partial charge on any atom is 0.153 e. The Bertz CT molecular complexity index is 192. The molecule has 0 radical (unpaired) electrons. The molecule has 0 amide bonds. The van der Waals surface area contributed by atoms with Gasteiger partial charge in [0.05, 0.1) is 11.0 Å².